The van der Waals surface area contributed by atoms with Crippen molar-refractivity contribution in [2.45, 2.75) is 49.1 Å². The molecule has 0 aliphatic heterocycles. The van der Waals surface area contributed by atoms with Crippen LogP contribution < -0.4 is 5.32 Å². The van der Waals surface area contributed by atoms with Crippen LogP contribution in [-0.2, 0) is 0 Å². The van der Waals surface area contributed by atoms with Crippen molar-refractivity contribution in [1.82, 2.24) is 10.3 Å². The van der Waals surface area contributed by atoms with E-state index >= 15 is 0 Å². The van der Waals surface area contributed by atoms with Gasteiger partial charge in [0.2, 0.25) is 0 Å². The van der Waals surface area contributed by atoms with E-state index in [1.54, 1.807) is 0 Å². The molecule has 1 aliphatic carbocycles. The number of aromatic nitrogens is 1. The lowest BCUT2D eigenvalue weighted by Gasteiger charge is -2.34. The maximum atomic E-state index is 13.3. The molecule has 0 bridgehead atoms. The zero-order valence-corrected chi connectivity index (χ0v) is 18.3. The zero-order valence-electron chi connectivity index (χ0n) is 16.7. The second-order valence-corrected chi connectivity index (χ2v) is 9.46. The Hall–Kier alpha value is -2.04. The first kappa shape index (κ1) is 20.2. The molecular formula is C24H25ClN2OS. The minimum atomic E-state index is -0.0116. The normalized spacial score (nSPS) is 21.8. The molecular weight excluding hydrogens is 400 g/mol. The van der Waals surface area contributed by atoms with E-state index in [0.717, 1.165) is 27.2 Å². The molecule has 3 atom stereocenters. The molecule has 3 nitrogen and oxygen atoms in total. The van der Waals surface area contributed by atoms with Crippen molar-refractivity contribution in [2.24, 2.45) is 11.8 Å². The van der Waals surface area contributed by atoms with Gasteiger partial charge in [-0.3, -0.25) is 4.79 Å². The standard InChI is InChI=1S/C24H25ClN2OS/c1-15-7-5-12-21(16(15)2)27-24(28)20-14-23(26-22-11-4-3-10-19(20)22)29-18-9-6-8-17(25)13-18/h3-4,6,8-11,13-16,21H,5,7,12H2,1-2H3,(H,27,28)/t15-,16-,21+/m1/s1. The molecule has 1 aliphatic rings. The summed E-state index contributed by atoms with van der Waals surface area (Å²) in [6.45, 7) is 4.53. The van der Waals surface area contributed by atoms with Gasteiger partial charge in [0.1, 0.15) is 5.03 Å². The van der Waals surface area contributed by atoms with Crippen molar-refractivity contribution in [3.8, 4) is 0 Å². The second-order valence-electron chi connectivity index (χ2n) is 7.93. The van der Waals surface area contributed by atoms with Crippen LogP contribution >= 0.6 is 23.4 Å². The highest BCUT2D eigenvalue weighted by Gasteiger charge is 2.29. The number of nitrogens with one attached hydrogen (secondary N) is 1. The minimum Gasteiger partial charge on any atom is -0.349 e. The predicted octanol–water partition coefficient (Wildman–Crippen LogP) is 6.59. The third-order valence-corrected chi connectivity index (χ3v) is 7.12. The predicted molar refractivity (Wildman–Crippen MR) is 121 cm³/mol. The molecule has 1 N–H and O–H groups in total. The van der Waals surface area contributed by atoms with Crippen LogP contribution in [0.5, 0.6) is 0 Å². The Bertz CT molecular complexity index is 1040. The summed E-state index contributed by atoms with van der Waals surface area (Å²) >= 11 is 7.64. The fraction of sp³-hybridized carbons (Fsp3) is 0.333. The molecule has 0 unspecified atom stereocenters. The van der Waals surface area contributed by atoms with Crippen molar-refractivity contribution < 1.29 is 4.79 Å². The molecule has 0 saturated heterocycles. The van der Waals surface area contributed by atoms with Gasteiger partial charge in [-0.25, -0.2) is 4.98 Å². The van der Waals surface area contributed by atoms with Crippen molar-refractivity contribution in [1.29, 1.82) is 0 Å². The number of para-hydroxylation sites is 1. The van der Waals surface area contributed by atoms with Crippen molar-refractivity contribution in [2.75, 3.05) is 0 Å². The summed E-state index contributed by atoms with van der Waals surface area (Å²) in [6.07, 6.45) is 3.46. The third-order valence-electron chi connectivity index (χ3n) is 5.98. The van der Waals surface area contributed by atoms with Gasteiger partial charge >= 0.3 is 0 Å². The summed E-state index contributed by atoms with van der Waals surface area (Å²) in [5.41, 5.74) is 1.51. The van der Waals surface area contributed by atoms with Crippen molar-refractivity contribution in [3.05, 3.63) is 65.2 Å². The van der Waals surface area contributed by atoms with Crippen LogP contribution in [0.15, 0.2) is 64.5 Å². The van der Waals surface area contributed by atoms with E-state index in [0.29, 0.717) is 22.4 Å². The van der Waals surface area contributed by atoms with Crippen LogP contribution in [0.25, 0.3) is 10.9 Å². The molecule has 29 heavy (non-hydrogen) atoms. The average Bonchev–Trinajstić information content (AvgIpc) is 2.71. The first-order chi connectivity index (χ1) is 14.0. The highest BCUT2D eigenvalue weighted by molar-refractivity contribution is 7.99. The molecule has 1 amide bonds. The van der Waals surface area contributed by atoms with Gasteiger partial charge in [0.05, 0.1) is 11.1 Å². The monoisotopic (exact) mass is 424 g/mol. The van der Waals surface area contributed by atoms with Gasteiger partial charge in [-0.15, -0.1) is 0 Å². The van der Waals surface area contributed by atoms with Gasteiger partial charge in [0.15, 0.2) is 0 Å². The van der Waals surface area contributed by atoms with E-state index in [4.69, 9.17) is 16.6 Å². The number of hydrogen-bond acceptors (Lipinski definition) is 3. The van der Waals surface area contributed by atoms with Crippen LogP contribution in [-0.4, -0.2) is 16.9 Å². The summed E-state index contributed by atoms with van der Waals surface area (Å²) < 4.78 is 0. The number of rotatable bonds is 4. The number of halogens is 1. The van der Waals surface area contributed by atoms with Crippen LogP contribution in [0, 0.1) is 11.8 Å². The Morgan fingerprint density at radius 1 is 1.10 bits per heavy atom. The maximum absolute atomic E-state index is 13.3. The van der Waals surface area contributed by atoms with Crippen LogP contribution in [0.1, 0.15) is 43.5 Å². The summed E-state index contributed by atoms with van der Waals surface area (Å²) in [5.74, 6) is 1.11. The molecule has 3 aromatic rings. The Labute approximate surface area is 181 Å². The third kappa shape index (κ3) is 4.59. The van der Waals surface area contributed by atoms with Gasteiger partial charge < -0.3 is 5.32 Å². The SMILES string of the molecule is C[C@@H]1[C@H](C)CCC[C@@H]1NC(=O)c1cc(Sc2cccc(Cl)c2)nc2ccccc12. The number of carbonyl (C=O) groups is 1. The largest absolute Gasteiger partial charge is 0.349 e. The summed E-state index contributed by atoms with van der Waals surface area (Å²) in [5, 5.41) is 5.68. The minimum absolute atomic E-state index is 0.0116. The Balaban J connectivity index is 1.66. The molecule has 1 fully saturated rings. The fourth-order valence-corrected chi connectivity index (χ4v) is 5.22. The van der Waals surface area contributed by atoms with E-state index in [1.165, 1.54) is 24.6 Å². The Morgan fingerprint density at radius 2 is 1.93 bits per heavy atom. The van der Waals surface area contributed by atoms with E-state index < -0.39 is 0 Å². The van der Waals surface area contributed by atoms with E-state index in [9.17, 15) is 4.79 Å². The highest BCUT2D eigenvalue weighted by atomic mass is 35.5. The summed E-state index contributed by atoms with van der Waals surface area (Å²) in [4.78, 5) is 19.0. The molecule has 0 radical (unpaired) electrons. The number of benzene rings is 2. The van der Waals surface area contributed by atoms with Gasteiger partial charge in [0.25, 0.3) is 5.91 Å². The number of pyridine rings is 1. The molecule has 1 aromatic heterocycles. The van der Waals surface area contributed by atoms with Crippen molar-refractivity contribution >= 4 is 40.2 Å². The van der Waals surface area contributed by atoms with Crippen LogP contribution in [0.4, 0.5) is 0 Å². The first-order valence-electron chi connectivity index (χ1n) is 10.2. The van der Waals surface area contributed by atoms with Crippen LogP contribution in [0.2, 0.25) is 5.02 Å². The topological polar surface area (TPSA) is 42.0 Å². The molecule has 4 rings (SSSR count). The van der Waals surface area contributed by atoms with E-state index in [1.807, 2.05) is 54.6 Å². The van der Waals surface area contributed by atoms with Crippen molar-refractivity contribution in [3.63, 3.8) is 0 Å². The second kappa shape index (κ2) is 8.76. The van der Waals surface area contributed by atoms with E-state index in [-0.39, 0.29) is 11.9 Å². The summed E-state index contributed by atoms with van der Waals surface area (Å²) in [7, 11) is 0. The zero-order chi connectivity index (χ0) is 20.4. The maximum Gasteiger partial charge on any atom is 0.252 e. The molecule has 150 valence electrons. The first-order valence-corrected chi connectivity index (χ1v) is 11.3. The number of fused-ring (bicyclic) bond motifs is 1. The summed E-state index contributed by atoms with van der Waals surface area (Å²) in [6, 6.07) is 17.6. The molecule has 2 aromatic carbocycles. The number of carbonyl (C=O) groups excluding carboxylic acids is 1. The molecule has 1 saturated carbocycles. The van der Waals surface area contributed by atoms with E-state index in [2.05, 4.69) is 19.2 Å². The van der Waals surface area contributed by atoms with Gasteiger partial charge in [-0.1, -0.05) is 74.3 Å². The number of hydrogen-bond donors (Lipinski definition) is 1. The Morgan fingerprint density at radius 3 is 2.76 bits per heavy atom. The lowest BCUT2D eigenvalue weighted by molar-refractivity contribution is 0.0892. The lowest BCUT2D eigenvalue weighted by Crippen LogP contribution is -2.43. The number of nitrogens with zero attached hydrogens (tertiary/aromatic N) is 1. The van der Waals surface area contributed by atoms with Crippen LogP contribution in [0.3, 0.4) is 0 Å². The molecule has 0 spiro atoms. The molecule has 5 heteroatoms. The van der Waals surface area contributed by atoms with Gasteiger partial charge in [-0.05, 0) is 48.6 Å². The quantitative estimate of drug-likeness (QED) is 0.513. The van der Waals surface area contributed by atoms with Gasteiger partial charge in [0, 0.05) is 21.3 Å². The molecule has 1 heterocycles. The van der Waals surface area contributed by atoms with Gasteiger partial charge in [-0.2, -0.15) is 0 Å². The average molecular weight is 425 g/mol. The fourth-order valence-electron chi connectivity index (χ4n) is 4.07. The number of amides is 1. The smallest absolute Gasteiger partial charge is 0.252 e. The Kier molecular flexibility index (Phi) is 6.12. The lowest BCUT2D eigenvalue weighted by atomic mass is 9.78. The highest BCUT2D eigenvalue weighted by Crippen LogP contribution is 2.32.